The molecule has 0 aliphatic carbocycles. The molecule has 0 rings (SSSR count). The molecule has 2 atom stereocenters. The van der Waals surface area contributed by atoms with E-state index >= 15 is 0 Å². The van der Waals surface area contributed by atoms with E-state index in [2.05, 4.69) is 9.78 Å². The maximum atomic E-state index is 13.8. The summed E-state index contributed by atoms with van der Waals surface area (Å²) < 4.78 is 225. The zero-order chi connectivity index (χ0) is 31.0. The zero-order valence-electron chi connectivity index (χ0n) is 18.8. The van der Waals surface area contributed by atoms with Crippen molar-refractivity contribution in [3.05, 3.63) is 0 Å². The molecule has 0 radical (unpaired) electrons. The van der Waals surface area contributed by atoms with Crippen LogP contribution in [0.1, 0.15) is 26.7 Å². The lowest BCUT2D eigenvalue weighted by Gasteiger charge is -2.42. The van der Waals surface area contributed by atoms with Gasteiger partial charge in [0.2, 0.25) is 0 Å². The maximum Gasteiger partial charge on any atom is 0.460 e. The van der Waals surface area contributed by atoms with Crippen LogP contribution in [0.2, 0.25) is 0 Å². The fraction of sp³-hybridized carbons (Fsp3) is 0.941. The van der Waals surface area contributed by atoms with Gasteiger partial charge in [0.15, 0.2) is 0 Å². The molecule has 0 saturated carbocycles. The first-order valence-corrected chi connectivity index (χ1v) is 10.6. The van der Waals surface area contributed by atoms with Gasteiger partial charge in [0.1, 0.15) is 0 Å². The average molecular weight is 624 g/mol. The highest BCUT2D eigenvalue weighted by atomic mass is 32.2. The van der Waals surface area contributed by atoms with Crippen LogP contribution >= 0.6 is 11.8 Å². The van der Waals surface area contributed by atoms with Crippen LogP contribution in [0.3, 0.4) is 0 Å². The molecule has 0 aromatic carbocycles. The first-order chi connectivity index (χ1) is 16.5. The molecule has 0 aliphatic rings. The van der Waals surface area contributed by atoms with Gasteiger partial charge in [0.05, 0.1) is 13.0 Å². The summed E-state index contributed by atoms with van der Waals surface area (Å²) in [5, 5.41) is -0.937. The molecule has 2 unspecified atom stereocenters. The predicted octanol–water partition coefficient (Wildman–Crippen LogP) is 7.64. The van der Waals surface area contributed by atoms with Gasteiger partial charge < -0.3 is 0 Å². The Morgan fingerprint density at radius 1 is 0.658 bits per heavy atom. The lowest BCUT2D eigenvalue weighted by atomic mass is 9.88. The molecule has 0 spiro atoms. The van der Waals surface area contributed by atoms with Crippen molar-refractivity contribution in [1.29, 1.82) is 0 Å². The predicted molar refractivity (Wildman–Crippen MR) is 94.1 cm³/mol. The van der Waals surface area contributed by atoms with E-state index in [1.807, 2.05) is 0 Å². The Balaban J connectivity index is 5.97. The largest absolute Gasteiger partial charge is 0.460 e. The Bertz CT molecular complexity index is 812. The van der Waals surface area contributed by atoms with E-state index in [1.54, 1.807) is 0 Å². The summed E-state index contributed by atoms with van der Waals surface area (Å²) in [6.07, 6.45) is -10.6. The third-order valence-electron chi connectivity index (χ3n) is 4.86. The molecule has 0 N–H and O–H groups in total. The van der Waals surface area contributed by atoms with Gasteiger partial charge in [-0.05, 0) is 12.2 Å². The van der Waals surface area contributed by atoms with Gasteiger partial charge in [-0.1, -0.05) is 13.8 Å². The van der Waals surface area contributed by atoms with Gasteiger partial charge in [0, 0.05) is 11.7 Å². The molecule has 21 heteroatoms. The lowest BCUT2D eigenvalue weighted by molar-refractivity contribution is -0.461. The third kappa shape index (κ3) is 6.16. The highest BCUT2D eigenvalue weighted by molar-refractivity contribution is 7.99. The molecule has 0 amide bonds. The van der Waals surface area contributed by atoms with Crippen molar-refractivity contribution in [2.45, 2.75) is 79.6 Å². The van der Waals surface area contributed by atoms with Crippen molar-refractivity contribution in [2.75, 3.05) is 12.9 Å². The minimum atomic E-state index is -8.64. The molecule has 0 heterocycles. The summed E-state index contributed by atoms with van der Waals surface area (Å²) in [5.41, 5.74) is 0. The number of hydrogen-bond donors (Lipinski definition) is 0. The molecule has 228 valence electrons. The lowest BCUT2D eigenvalue weighted by Crippen LogP contribution is -2.74. The topological polar surface area (TPSA) is 35.5 Å². The van der Waals surface area contributed by atoms with Crippen molar-refractivity contribution in [2.24, 2.45) is 5.92 Å². The van der Waals surface area contributed by atoms with Gasteiger partial charge in [-0.2, -0.15) is 91.3 Å². The van der Waals surface area contributed by atoms with Crippen LogP contribution < -0.4 is 0 Å². The number of hydrogen-bond acceptors (Lipinski definition) is 4. The first-order valence-electron chi connectivity index (χ1n) is 9.58. The van der Waals surface area contributed by atoms with Gasteiger partial charge in [0.25, 0.3) is 0 Å². The number of rotatable bonds is 14. The molecule has 0 aromatic rings. The van der Waals surface area contributed by atoms with Crippen LogP contribution in [-0.2, 0) is 14.6 Å². The number of carbonyl (C=O) groups excluding carboxylic acids is 1. The van der Waals surface area contributed by atoms with E-state index in [0.717, 1.165) is 7.11 Å². The van der Waals surface area contributed by atoms with Crippen LogP contribution in [0.25, 0.3) is 0 Å². The standard InChI is InChI=1S/C17H17F17O3S/c1-7(9(35)37-36-3)6-8(2)38-5-4-10(18,19)11(20,21)12(22,23)13(24,25)14(26,27)15(28,29)16(30,31)17(32,33)34/h7-8H,4-6H2,1-3H3. The second-order valence-electron chi connectivity index (χ2n) is 7.79. The molecular formula is C17H17F17O3S. The summed E-state index contributed by atoms with van der Waals surface area (Å²) in [6.45, 7) is 2.38. The summed E-state index contributed by atoms with van der Waals surface area (Å²) in [6, 6.07) is 0. The van der Waals surface area contributed by atoms with Crippen LogP contribution in [0.4, 0.5) is 74.6 Å². The molecule has 3 nitrogen and oxygen atoms in total. The Labute approximate surface area is 206 Å². The Kier molecular flexibility index (Phi) is 10.8. The molecule has 0 aliphatic heterocycles. The number of alkyl halides is 17. The van der Waals surface area contributed by atoms with E-state index in [-0.39, 0.29) is 18.2 Å². The number of carbonyl (C=O) groups is 1. The fourth-order valence-electron chi connectivity index (χ4n) is 2.57. The Hall–Kier alpha value is -1.41. The van der Waals surface area contributed by atoms with E-state index in [4.69, 9.17) is 0 Å². The summed E-state index contributed by atoms with van der Waals surface area (Å²) in [4.78, 5) is 19.5. The van der Waals surface area contributed by atoms with Crippen LogP contribution in [0.5, 0.6) is 0 Å². The second-order valence-corrected chi connectivity index (χ2v) is 9.33. The van der Waals surface area contributed by atoms with E-state index < -0.39 is 76.9 Å². The fourth-order valence-corrected chi connectivity index (χ4v) is 3.77. The van der Waals surface area contributed by atoms with Crippen molar-refractivity contribution in [3.8, 4) is 0 Å². The molecule has 0 saturated heterocycles. The van der Waals surface area contributed by atoms with Crippen LogP contribution in [-0.4, -0.2) is 71.7 Å². The number of halogens is 17. The highest BCUT2D eigenvalue weighted by Crippen LogP contribution is 2.64. The SMILES string of the molecule is COOC(=O)C(C)CC(C)SCCC(F)(F)C(F)(F)C(F)(F)C(F)(F)C(F)(F)C(F)(F)C(F)(F)C(F)(F)F. The third-order valence-corrected chi connectivity index (χ3v) is 6.06. The maximum absolute atomic E-state index is 13.8. The Morgan fingerprint density at radius 2 is 1.03 bits per heavy atom. The van der Waals surface area contributed by atoms with Crippen LogP contribution in [0, 0.1) is 5.92 Å². The van der Waals surface area contributed by atoms with Crippen molar-refractivity contribution < 1.29 is 89.2 Å². The minimum Gasteiger partial charge on any atom is -0.298 e. The van der Waals surface area contributed by atoms with Gasteiger partial charge in [-0.3, -0.25) is 4.89 Å². The molecule has 0 aromatic heterocycles. The number of thioether (sulfide) groups is 1. The summed E-state index contributed by atoms with van der Waals surface area (Å²) >= 11 is 0.231. The smallest absolute Gasteiger partial charge is 0.298 e. The van der Waals surface area contributed by atoms with Crippen LogP contribution in [0.15, 0.2) is 0 Å². The van der Waals surface area contributed by atoms with Gasteiger partial charge >= 0.3 is 53.6 Å². The molecule has 0 fully saturated rings. The minimum absolute atomic E-state index is 0.231. The normalized spacial score (nSPS) is 16.8. The van der Waals surface area contributed by atoms with E-state index in [0.29, 0.717) is 0 Å². The van der Waals surface area contributed by atoms with Gasteiger partial charge in [-0.15, -0.1) is 0 Å². The second kappa shape index (κ2) is 11.2. The summed E-state index contributed by atoms with van der Waals surface area (Å²) in [7, 11) is 0.934. The molecule has 38 heavy (non-hydrogen) atoms. The Morgan fingerprint density at radius 3 is 1.39 bits per heavy atom. The van der Waals surface area contributed by atoms with E-state index in [9.17, 15) is 79.4 Å². The quantitative estimate of drug-likeness (QED) is 0.113. The molecule has 0 bridgehead atoms. The zero-order valence-corrected chi connectivity index (χ0v) is 19.7. The molecular weight excluding hydrogens is 607 g/mol. The average Bonchev–Trinajstić information content (AvgIpc) is 2.71. The van der Waals surface area contributed by atoms with Gasteiger partial charge in [-0.25, -0.2) is 4.79 Å². The monoisotopic (exact) mass is 624 g/mol. The first kappa shape index (κ1) is 36.6. The highest BCUT2D eigenvalue weighted by Gasteiger charge is 2.95. The van der Waals surface area contributed by atoms with Crippen molar-refractivity contribution in [3.63, 3.8) is 0 Å². The van der Waals surface area contributed by atoms with Crippen molar-refractivity contribution >= 4 is 17.7 Å². The van der Waals surface area contributed by atoms with E-state index in [1.165, 1.54) is 13.8 Å². The van der Waals surface area contributed by atoms with Crippen molar-refractivity contribution in [1.82, 2.24) is 0 Å². The summed E-state index contributed by atoms with van der Waals surface area (Å²) in [5.74, 6) is -59.7.